The van der Waals surface area contributed by atoms with Gasteiger partial charge in [-0.25, -0.2) is 9.18 Å². The number of primary amides is 1. The first-order chi connectivity index (χ1) is 27.3. The third-order valence-electron chi connectivity index (χ3n) is 9.99. The molecule has 1 aromatic heterocycles. The molecule has 1 aromatic carbocycles. The number of pyridine rings is 1. The Kier molecular flexibility index (Phi) is 21.6. The van der Waals surface area contributed by atoms with E-state index in [2.05, 4.69) is 46.8 Å². The Morgan fingerprint density at radius 3 is 2.40 bits per heavy atom. The number of H-pyrrole nitrogens is 1. The lowest BCUT2D eigenvalue weighted by atomic mass is 10.1. The third kappa shape index (κ3) is 16.2. The summed E-state index contributed by atoms with van der Waals surface area (Å²) in [7, 11) is 1.61. The standard InChI is InChI=1S/C15H25NOS.C13H15NO3.C11H18FN3O2.C2H6.CH3NO/c1-3-4-5-6-7-8-12-11-13(12)14(17)16-18-15(2)9-10-15;1-4-17-12-7-10(15)9-5-6-11(16-3)8(2)13(9)14-12;1-8-3-2-4-15(8)10(16)5-13-11(17)14-6-9(12)7-14;1-2;2-1-3/h7-8,12-13H,3-6,9-11H2,1-2H3,(H,16,17);5-7H,4H2,1-3H3,(H,14,15);8-9H,2-7H2,1H3,(H,13,17);1-2H3;1H,(H2,2,3)/b8-7-;;;;. The second-order valence-corrected chi connectivity index (χ2v) is 16.0. The highest BCUT2D eigenvalue weighted by Crippen LogP contribution is 2.47. The minimum atomic E-state index is -0.907. The van der Waals surface area contributed by atoms with Crippen LogP contribution in [0.3, 0.4) is 0 Å². The number of alkyl halides is 1. The highest BCUT2D eigenvalue weighted by Gasteiger charge is 2.44. The van der Waals surface area contributed by atoms with Gasteiger partial charge in [0.2, 0.25) is 18.2 Å². The Bertz CT molecular complexity index is 1660. The number of likely N-dealkylation sites (tertiary alicyclic amines) is 2. The molecular formula is C42H67FN6O7S. The number of urea groups is 1. The van der Waals surface area contributed by atoms with Gasteiger partial charge in [0.05, 0.1) is 38.9 Å². The number of methoxy groups -OCH3 is 1. The number of aromatic amines is 1. The first-order valence-corrected chi connectivity index (χ1v) is 21.2. The van der Waals surface area contributed by atoms with Crippen LogP contribution in [0.4, 0.5) is 9.18 Å². The highest BCUT2D eigenvalue weighted by molar-refractivity contribution is 7.99. The van der Waals surface area contributed by atoms with Crippen LogP contribution in [0.2, 0.25) is 0 Å². The maximum Gasteiger partial charge on any atom is 0.318 e. The van der Waals surface area contributed by atoms with Gasteiger partial charge in [0.1, 0.15) is 11.9 Å². The lowest BCUT2D eigenvalue weighted by Gasteiger charge is -2.34. The first-order valence-electron chi connectivity index (χ1n) is 20.4. The summed E-state index contributed by atoms with van der Waals surface area (Å²) in [4.78, 5) is 61.8. The maximum absolute atomic E-state index is 12.5. The Balaban J connectivity index is 0.000000279. The van der Waals surface area contributed by atoms with Gasteiger partial charge in [-0.2, -0.15) is 0 Å². The Labute approximate surface area is 342 Å². The molecule has 2 aliphatic carbocycles. The van der Waals surface area contributed by atoms with Gasteiger partial charge in [-0.1, -0.05) is 45.8 Å². The summed E-state index contributed by atoms with van der Waals surface area (Å²) in [6, 6.07) is 4.94. The van der Waals surface area contributed by atoms with Gasteiger partial charge in [-0.3, -0.25) is 23.9 Å². The number of carbonyl (C=O) groups excluding carboxylic acids is 4. The van der Waals surface area contributed by atoms with E-state index in [-0.39, 0.29) is 61.3 Å². The number of rotatable bonds is 13. The van der Waals surface area contributed by atoms with Crippen molar-refractivity contribution >= 4 is 47.1 Å². The topological polar surface area (TPSA) is 176 Å². The van der Waals surface area contributed by atoms with E-state index in [0.29, 0.717) is 28.5 Å². The molecule has 2 aromatic rings. The summed E-state index contributed by atoms with van der Waals surface area (Å²) < 4.78 is 26.5. The van der Waals surface area contributed by atoms with Gasteiger partial charge in [-0.15, -0.1) is 0 Å². The molecule has 3 heterocycles. The van der Waals surface area contributed by atoms with Crippen molar-refractivity contribution in [1.29, 1.82) is 0 Å². The van der Waals surface area contributed by atoms with Crippen molar-refractivity contribution in [3.05, 3.63) is 46.1 Å². The number of allylic oxidation sites excluding steroid dienone is 2. The van der Waals surface area contributed by atoms with Crippen LogP contribution in [-0.2, 0) is 14.4 Å². The molecule has 2 aliphatic heterocycles. The molecule has 13 nitrogen and oxygen atoms in total. The molecule has 3 unspecified atom stereocenters. The fraction of sp³-hybridized carbons (Fsp3) is 0.643. The van der Waals surface area contributed by atoms with Gasteiger partial charge in [0.15, 0.2) is 11.3 Å². The first kappa shape index (κ1) is 48.9. The lowest BCUT2D eigenvalue weighted by Crippen LogP contribution is -2.56. The van der Waals surface area contributed by atoms with E-state index >= 15 is 0 Å². The summed E-state index contributed by atoms with van der Waals surface area (Å²) >= 11 is 1.63. The molecule has 5 amide bonds. The predicted molar refractivity (Wildman–Crippen MR) is 227 cm³/mol. The van der Waals surface area contributed by atoms with Crippen LogP contribution >= 0.6 is 11.9 Å². The number of hydrogen-bond acceptors (Lipinski definition) is 8. The fourth-order valence-corrected chi connectivity index (χ4v) is 6.97. The van der Waals surface area contributed by atoms with Gasteiger partial charge in [0.25, 0.3) is 0 Å². The molecule has 0 radical (unpaired) electrons. The summed E-state index contributed by atoms with van der Waals surface area (Å²) in [6.07, 6.45) is 14.5. The quantitative estimate of drug-likeness (QED) is 0.0738. The monoisotopic (exact) mass is 818 g/mol. The van der Waals surface area contributed by atoms with Crippen molar-refractivity contribution in [3.63, 3.8) is 0 Å². The third-order valence-corrected chi connectivity index (χ3v) is 11.2. The number of benzene rings is 1. The number of aromatic nitrogens is 1. The molecule has 0 spiro atoms. The summed E-state index contributed by atoms with van der Waals surface area (Å²) in [5.41, 5.74) is 5.79. The van der Waals surface area contributed by atoms with Crippen molar-refractivity contribution in [2.24, 2.45) is 17.6 Å². The highest BCUT2D eigenvalue weighted by atomic mass is 32.2. The van der Waals surface area contributed by atoms with Crippen LogP contribution in [0.1, 0.15) is 105 Å². The minimum Gasteiger partial charge on any atom is -0.496 e. The summed E-state index contributed by atoms with van der Waals surface area (Å²) in [6.45, 7) is 15.8. The molecule has 5 N–H and O–H groups in total. The molecule has 15 heteroatoms. The molecule has 0 bridgehead atoms. The molecule has 2 saturated heterocycles. The number of nitrogens with one attached hydrogen (secondary N) is 3. The molecule has 320 valence electrons. The molecule has 4 aliphatic rings. The number of amides is 5. The van der Waals surface area contributed by atoms with Gasteiger partial charge in [-0.05, 0) is 103 Å². The van der Waals surface area contributed by atoms with E-state index < -0.39 is 6.17 Å². The predicted octanol–water partition coefficient (Wildman–Crippen LogP) is 6.81. The zero-order chi connectivity index (χ0) is 42.5. The van der Waals surface area contributed by atoms with Crippen LogP contribution in [0.5, 0.6) is 11.6 Å². The average Bonchev–Trinajstić information content (AvgIpc) is 4.09. The SMILES string of the molecule is CC.CC1CCCN1C(=O)CNC(=O)N1CC(F)C1.CCCCC/C=C\C1CC1C(=O)NSC1(C)CC1.CCOc1cc(=O)c2ccc(OC)c(C)c2[nH]1.NC=O. The van der Waals surface area contributed by atoms with Crippen LogP contribution in [0, 0.1) is 18.8 Å². The second-order valence-electron chi connectivity index (χ2n) is 14.6. The number of carbonyl (C=O) groups is 4. The van der Waals surface area contributed by atoms with Crippen LogP contribution < -0.4 is 30.7 Å². The van der Waals surface area contributed by atoms with Crippen molar-refractivity contribution in [1.82, 2.24) is 24.8 Å². The Morgan fingerprint density at radius 2 is 1.84 bits per heavy atom. The van der Waals surface area contributed by atoms with Gasteiger partial charge >= 0.3 is 6.03 Å². The number of unbranched alkanes of at least 4 members (excludes halogenated alkanes) is 3. The van der Waals surface area contributed by atoms with Crippen LogP contribution in [-0.4, -0.2) is 95.9 Å². The molecule has 2 saturated carbocycles. The van der Waals surface area contributed by atoms with Gasteiger partial charge in [0, 0.05) is 40.3 Å². The number of nitrogens with zero attached hydrogens (tertiary/aromatic N) is 2. The Hall–Kier alpha value is -4.27. The largest absolute Gasteiger partial charge is 0.496 e. The maximum atomic E-state index is 12.5. The molecule has 4 fully saturated rings. The van der Waals surface area contributed by atoms with Crippen molar-refractivity contribution in [2.45, 2.75) is 123 Å². The lowest BCUT2D eigenvalue weighted by molar-refractivity contribution is -0.130. The summed E-state index contributed by atoms with van der Waals surface area (Å²) in [5, 5.41) is 3.18. The number of hydrogen-bond donors (Lipinski definition) is 4. The zero-order valence-corrected chi connectivity index (χ0v) is 36.1. The van der Waals surface area contributed by atoms with Crippen molar-refractivity contribution in [2.75, 3.05) is 39.9 Å². The molecule has 3 atom stereocenters. The molecule has 6 rings (SSSR count). The van der Waals surface area contributed by atoms with E-state index in [1.807, 2.05) is 34.6 Å². The average molecular weight is 819 g/mol. The van der Waals surface area contributed by atoms with E-state index in [0.717, 1.165) is 42.6 Å². The number of halogens is 1. The van der Waals surface area contributed by atoms with E-state index in [9.17, 15) is 23.6 Å². The number of aryl methyl sites for hydroxylation is 1. The van der Waals surface area contributed by atoms with Crippen molar-refractivity contribution in [3.8, 4) is 11.6 Å². The Morgan fingerprint density at radius 1 is 1.16 bits per heavy atom. The fourth-order valence-electron chi connectivity index (χ4n) is 6.17. The van der Waals surface area contributed by atoms with E-state index in [4.69, 9.17) is 14.3 Å². The zero-order valence-electron chi connectivity index (χ0n) is 35.3. The second kappa shape index (κ2) is 25.2. The minimum absolute atomic E-state index is 0.0105. The molecule has 57 heavy (non-hydrogen) atoms. The van der Waals surface area contributed by atoms with Crippen LogP contribution in [0.15, 0.2) is 35.1 Å². The van der Waals surface area contributed by atoms with E-state index in [1.54, 1.807) is 36.1 Å². The summed E-state index contributed by atoms with van der Waals surface area (Å²) in [5.74, 6) is 2.20. The number of ether oxygens (including phenoxy) is 2. The van der Waals surface area contributed by atoms with E-state index in [1.165, 1.54) is 49.5 Å². The molecular weight excluding hydrogens is 752 g/mol. The van der Waals surface area contributed by atoms with Gasteiger partial charge < -0.3 is 35.3 Å². The van der Waals surface area contributed by atoms with Crippen LogP contribution in [0.25, 0.3) is 10.9 Å². The van der Waals surface area contributed by atoms with Crippen molar-refractivity contribution < 1.29 is 33.0 Å². The number of fused-ring (bicyclic) bond motifs is 1. The number of nitrogens with two attached hydrogens (primary N) is 1. The smallest absolute Gasteiger partial charge is 0.318 e. The normalized spacial score (nSPS) is 19.8.